The van der Waals surface area contributed by atoms with E-state index < -0.39 is 0 Å². The maximum Gasteiger partial charge on any atom is 0.131 e. The first-order valence-corrected chi connectivity index (χ1v) is 11.7. The van der Waals surface area contributed by atoms with Gasteiger partial charge in [0.05, 0.1) is 0 Å². The van der Waals surface area contributed by atoms with E-state index in [0.29, 0.717) is 22.2 Å². The molecule has 5 heteroatoms. The van der Waals surface area contributed by atoms with E-state index in [9.17, 15) is 9.50 Å². The van der Waals surface area contributed by atoms with Crippen LogP contribution in [0.25, 0.3) is 11.1 Å². The van der Waals surface area contributed by atoms with Crippen molar-refractivity contribution in [3.05, 3.63) is 58.9 Å². The standard InChI is InChI=1S/C23H31ClFNOSi/c1-23(2,3)14-26-21(27)11-8-17(22(26)28)12-15-4-6-16(7-5-15)19-13-18(24)9-10-20(19)25/h4-7,9-10,13,17,21-22,27H,8,11-12,14H2,1-3,28H3. The molecule has 152 valence electrons. The van der Waals surface area contributed by atoms with Crippen molar-refractivity contribution in [2.45, 2.75) is 51.9 Å². The first-order valence-electron chi connectivity index (χ1n) is 10.1. The van der Waals surface area contributed by atoms with E-state index in [1.54, 1.807) is 12.1 Å². The van der Waals surface area contributed by atoms with E-state index in [4.69, 9.17) is 11.6 Å². The number of nitrogens with zero attached hydrogens (tertiary/aromatic N) is 1. The van der Waals surface area contributed by atoms with Crippen LogP contribution in [0.2, 0.25) is 5.02 Å². The van der Waals surface area contributed by atoms with Gasteiger partial charge in [-0.3, -0.25) is 4.90 Å². The number of likely N-dealkylation sites (tertiary alicyclic amines) is 1. The molecule has 0 amide bonds. The SMILES string of the molecule is CC(C)(C)CN1C(O)CCC(Cc2ccc(-c3cc(Cl)ccc3F)cc2)C1[SiH3]. The number of benzene rings is 2. The number of halogens is 2. The molecule has 0 radical (unpaired) electrons. The van der Waals surface area contributed by atoms with Crippen molar-refractivity contribution in [3.8, 4) is 11.1 Å². The predicted octanol–water partition coefficient (Wildman–Crippen LogP) is 4.46. The number of hydrogen-bond acceptors (Lipinski definition) is 2. The molecule has 0 aliphatic carbocycles. The van der Waals surface area contributed by atoms with Crippen molar-refractivity contribution in [1.82, 2.24) is 4.90 Å². The van der Waals surface area contributed by atoms with Gasteiger partial charge in [-0.1, -0.05) is 56.6 Å². The first kappa shape index (κ1) is 21.5. The third-order valence-electron chi connectivity index (χ3n) is 5.73. The lowest BCUT2D eigenvalue weighted by atomic mass is 9.87. The van der Waals surface area contributed by atoms with Crippen LogP contribution in [0.1, 0.15) is 39.2 Å². The van der Waals surface area contributed by atoms with Gasteiger partial charge in [-0.15, -0.1) is 0 Å². The summed E-state index contributed by atoms with van der Waals surface area (Å²) in [6.45, 7) is 7.60. The molecule has 3 atom stereocenters. The van der Waals surface area contributed by atoms with Crippen LogP contribution in [-0.2, 0) is 6.42 Å². The zero-order chi connectivity index (χ0) is 20.5. The van der Waals surface area contributed by atoms with Gasteiger partial charge in [-0.2, -0.15) is 0 Å². The number of rotatable bonds is 4. The summed E-state index contributed by atoms with van der Waals surface area (Å²) < 4.78 is 14.1. The summed E-state index contributed by atoms with van der Waals surface area (Å²) in [5, 5.41) is 11.0. The molecular formula is C23H31ClFNOSi. The topological polar surface area (TPSA) is 23.5 Å². The lowest BCUT2D eigenvalue weighted by Gasteiger charge is -2.45. The van der Waals surface area contributed by atoms with E-state index in [2.05, 4.69) is 37.8 Å². The fraction of sp³-hybridized carbons (Fsp3) is 0.478. The van der Waals surface area contributed by atoms with Gasteiger partial charge in [0.25, 0.3) is 0 Å². The Morgan fingerprint density at radius 3 is 2.46 bits per heavy atom. The fourth-order valence-corrected chi connectivity index (χ4v) is 5.49. The maximum absolute atomic E-state index is 14.1. The number of hydrogen-bond donors (Lipinski definition) is 1. The van der Waals surface area contributed by atoms with Crippen molar-refractivity contribution in [2.75, 3.05) is 6.54 Å². The molecule has 0 spiro atoms. The van der Waals surface area contributed by atoms with Gasteiger partial charge in [0, 0.05) is 27.4 Å². The average molecular weight is 420 g/mol. The first-order chi connectivity index (χ1) is 13.1. The highest BCUT2D eigenvalue weighted by Gasteiger charge is 2.35. The van der Waals surface area contributed by atoms with Gasteiger partial charge in [0.2, 0.25) is 0 Å². The molecule has 0 aromatic heterocycles. The molecule has 0 saturated carbocycles. The van der Waals surface area contributed by atoms with Crippen LogP contribution < -0.4 is 0 Å². The zero-order valence-corrected chi connectivity index (χ0v) is 20.0. The smallest absolute Gasteiger partial charge is 0.131 e. The highest BCUT2D eigenvalue weighted by molar-refractivity contribution is 6.30. The lowest BCUT2D eigenvalue weighted by Crippen LogP contribution is -2.54. The number of piperidine rings is 1. The summed E-state index contributed by atoms with van der Waals surface area (Å²) in [5.74, 6) is 0.307. The molecule has 2 aromatic carbocycles. The van der Waals surface area contributed by atoms with Crippen molar-refractivity contribution in [1.29, 1.82) is 0 Å². The van der Waals surface area contributed by atoms with Crippen LogP contribution in [0.3, 0.4) is 0 Å². The van der Waals surface area contributed by atoms with Gasteiger partial charge >= 0.3 is 0 Å². The molecule has 1 saturated heterocycles. The van der Waals surface area contributed by atoms with Gasteiger partial charge in [-0.25, -0.2) is 4.39 Å². The van der Waals surface area contributed by atoms with Crippen molar-refractivity contribution < 1.29 is 9.50 Å². The van der Waals surface area contributed by atoms with Crippen LogP contribution in [-0.4, -0.2) is 38.7 Å². The second-order valence-corrected chi connectivity index (χ2v) is 10.9. The monoisotopic (exact) mass is 419 g/mol. The summed E-state index contributed by atoms with van der Waals surface area (Å²) in [4.78, 5) is 2.32. The summed E-state index contributed by atoms with van der Waals surface area (Å²) >= 11 is 6.03. The van der Waals surface area contributed by atoms with Crippen LogP contribution in [0.5, 0.6) is 0 Å². The Bertz CT molecular complexity index is 805. The van der Waals surface area contributed by atoms with E-state index in [0.717, 1.165) is 41.6 Å². The van der Waals surface area contributed by atoms with Gasteiger partial charge in [0.15, 0.2) is 0 Å². The lowest BCUT2D eigenvalue weighted by molar-refractivity contribution is -0.0692. The molecule has 1 heterocycles. The van der Waals surface area contributed by atoms with Crippen molar-refractivity contribution >= 4 is 21.8 Å². The van der Waals surface area contributed by atoms with E-state index in [1.165, 1.54) is 11.6 Å². The zero-order valence-electron chi connectivity index (χ0n) is 17.3. The van der Waals surface area contributed by atoms with Crippen LogP contribution in [0.4, 0.5) is 4.39 Å². The molecule has 3 unspecified atom stereocenters. The minimum atomic E-state index is -0.314. The highest BCUT2D eigenvalue weighted by Crippen LogP contribution is 2.32. The van der Waals surface area contributed by atoms with Crippen molar-refractivity contribution in [2.24, 2.45) is 11.3 Å². The van der Waals surface area contributed by atoms with Gasteiger partial charge in [-0.05, 0) is 65.6 Å². The Labute approximate surface area is 176 Å². The molecule has 2 aromatic rings. The molecular weight excluding hydrogens is 389 g/mol. The molecule has 1 aliphatic heterocycles. The average Bonchev–Trinajstić information content (AvgIpc) is 2.63. The number of aliphatic hydroxyl groups is 1. The third kappa shape index (κ3) is 5.23. The molecule has 1 N–H and O–H groups in total. The van der Waals surface area contributed by atoms with Crippen molar-refractivity contribution in [3.63, 3.8) is 0 Å². The fourth-order valence-electron chi connectivity index (χ4n) is 4.22. The molecule has 2 nitrogen and oxygen atoms in total. The molecule has 3 rings (SSSR count). The Morgan fingerprint density at radius 1 is 1.14 bits per heavy atom. The largest absolute Gasteiger partial charge is 0.378 e. The summed E-state index contributed by atoms with van der Waals surface area (Å²) in [6.07, 6.45) is 2.58. The maximum atomic E-state index is 14.1. The number of aliphatic hydroxyl groups excluding tert-OH is 1. The molecule has 0 bridgehead atoms. The Balaban J connectivity index is 1.72. The normalized spacial score (nSPS) is 23.9. The minimum Gasteiger partial charge on any atom is -0.378 e. The van der Waals surface area contributed by atoms with E-state index in [1.807, 2.05) is 12.1 Å². The van der Waals surface area contributed by atoms with Gasteiger partial charge < -0.3 is 5.11 Å². The Morgan fingerprint density at radius 2 is 1.82 bits per heavy atom. The third-order valence-corrected chi connectivity index (χ3v) is 7.57. The van der Waals surface area contributed by atoms with Crippen LogP contribution in [0, 0.1) is 17.2 Å². The van der Waals surface area contributed by atoms with Crippen LogP contribution in [0.15, 0.2) is 42.5 Å². The quantitative estimate of drug-likeness (QED) is 0.739. The van der Waals surface area contributed by atoms with E-state index >= 15 is 0 Å². The van der Waals surface area contributed by atoms with Gasteiger partial charge in [0.1, 0.15) is 12.0 Å². The predicted molar refractivity (Wildman–Crippen MR) is 119 cm³/mol. The Hall–Kier alpha value is -1.20. The summed E-state index contributed by atoms with van der Waals surface area (Å²) in [7, 11) is 1.04. The van der Waals surface area contributed by atoms with Crippen LogP contribution >= 0.6 is 11.6 Å². The van der Waals surface area contributed by atoms with E-state index in [-0.39, 0.29) is 17.5 Å². The Kier molecular flexibility index (Phi) is 6.65. The second-order valence-electron chi connectivity index (χ2n) is 9.32. The summed E-state index contributed by atoms with van der Waals surface area (Å²) in [6, 6.07) is 12.8. The highest BCUT2D eigenvalue weighted by atomic mass is 35.5. The summed E-state index contributed by atoms with van der Waals surface area (Å²) in [5.41, 5.74) is 3.29. The minimum absolute atomic E-state index is 0.175. The molecule has 1 aliphatic rings. The second kappa shape index (κ2) is 8.66. The molecule has 28 heavy (non-hydrogen) atoms. The molecule has 1 fully saturated rings.